The van der Waals surface area contributed by atoms with E-state index in [1.54, 1.807) is 0 Å². The Morgan fingerprint density at radius 3 is 2.35 bits per heavy atom. The number of halogens is 5. The lowest BCUT2D eigenvalue weighted by atomic mass is 10.2. The summed E-state index contributed by atoms with van der Waals surface area (Å²) in [5.41, 5.74) is -5.35. The van der Waals surface area contributed by atoms with Crippen LogP contribution in [0.2, 0.25) is 0 Å². The van der Waals surface area contributed by atoms with E-state index in [0.717, 1.165) is 6.07 Å². The van der Waals surface area contributed by atoms with Crippen molar-refractivity contribution < 1.29 is 35.1 Å². The van der Waals surface area contributed by atoms with Gasteiger partial charge in [0.25, 0.3) is 0 Å². The average Bonchev–Trinajstić information content (AvgIpc) is 2.29. The Balaban J connectivity index is 2.57. The molecule has 1 N–H and O–H groups in total. The summed E-state index contributed by atoms with van der Waals surface area (Å²) in [7, 11) is -5.46. The summed E-state index contributed by atoms with van der Waals surface area (Å²) in [6.07, 6.45) is 0. The van der Waals surface area contributed by atoms with Crippen molar-refractivity contribution in [3.8, 4) is 5.75 Å². The largest absolute Gasteiger partial charge is 0.511 e. The molecule has 0 heterocycles. The number of benzene rings is 1. The number of hydrogen-bond acceptors (Lipinski definition) is 3. The smallest absolute Gasteiger partial charge is 0.489 e. The molecule has 0 aliphatic heterocycles. The highest BCUT2D eigenvalue weighted by Crippen LogP contribution is 2.22. The lowest BCUT2D eigenvalue weighted by Gasteiger charge is -2.11. The summed E-state index contributed by atoms with van der Waals surface area (Å²) in [6.45, 7) is 0.0863. The fourth-order valence-corrected chi connectivity index (χ4v) is 1.68. The highest BCUT2D eigenvalue weighted by Gasteiger charge is 2.45. The molecule has 1 rings (SSSR count). The van der Waals surface area contributed by atoms with Crippen LogP contribution >= 0.6 is 0 Å². The van der Waals surface area contributed by atoms with Crippen LogP contribution in [-0.4, -0.2) is 27.1 Å². The first-order valence-corrected chi connectivity index (χ1v) is 6.67. The predicted molar refractivity (Wildman–Crippen MR) is 59.6 cm³/mol. The summed E-state index contributed by atoms with van der Waals surface area (Å²) in [5, 5.41) is 0. The van der Waals surface area contributed by atoms with Gasteiger partial charge < -0.3 is 4.74 Å². The quantitative estimate of drug-likeness (QED) is 0.668. The normalized spacial score (nSPS) is 12.5. The molecule has 0 saturated carbocycles. The molecular weight excluding hydrogens is 309 g/mol. The molecule has 0 fully saturated rings. The van der Waals surface area contributed by atoms with E-state index in [4.69, 9.17) is 4.74 Å². The van der Waals surface area contributed by atoms with E-state index in [1.165, 1.54) is 11.6 Å². The van der Waals surface area contributed by atoms with Gasteiger partial charge in [-0.25, -0.2) is 21.9 Å². The zero-order valence-electron chi connectivity index (χ0n) is 10.1. The van der Waals surface area contributed by atoms with Crippen molar-refractivity contribution in [3.63, 3.8) is 0 Å². The third kappa shape index (κ3) is 4.04. The van der Waals surface area contributed by atoms with Gasteiger partial charge in [0.1, 0.15) is 12.4 Å². The van der Waals surface area contributed by atoms with E-state index in [9.17, 15) is 30.4 Å². The molecule has 10 heteroatoms. The molecule has 1 aromatic carbocycles. The van der Waals surface area contributed by atoms with Gasteiger partial charge in [-0.3, -0.25) is 0 Å². The minimum atomic E-state index is -5.46. The summed E-state index contributed by atoms with van der Waals surface area (Å²) < 4.78 is 89.2. The van der Waals surface area contributed by atoms with Crippen LogP contribution in [0.25, 0.3) is 0 Å². The monoisotopic (exact) mass is 319 g/mol. The van der Waals surface area contributed by atoms with Crippen molar-refractivity contribution in [1.82, 2.24) is 4.72 Å². The number of rotatable bonds is 5. The van der Waals surface area contributed by atoms with Gasteiger partial charge >= 0.3 is 15.5 Å². The first kappa shape index (κ1) is 16.6. The second kappa shape index (κ2) is 5.92. The molecule has 114 valence electrons. The molecule has 0 amide bonds. The van der Waals surface area contributed by atoms with Gasteiger partial charge in [0.2, 0.25) is 0 Å². The second-order valence-electron chi connectivity index (χ2n) is 3.72. The Bertz CT molecular complexity index is 585. The summed E-state index contributed by atoms with van der Waals surface area (Å²) in [6, 6.07) is 1.58. The SMILES string of the molecule is Cc1cc(OCCNS(=O)(=O)C(F)(F)F)c(F)cc1F. The topological polar surface area (TPSA) is 55.4 Å². The van der Waals surface area contributed by atoms with Gasteiger partial charge in [0.15, 0.2) is 11.6 Å². The minimum absolute atomic E-state index is 0.0808. The van der Waals surface area contributed by atoms with E-state index in [1.807, 2.05) is 0 Å². The van der Waals surface area contributed by atoms with Crippen LogP contribution in [0.15, 0.2) is 12.1 Å². The van der Waals surface area contributed by atoms with Crippen molar-refractivity contribution in [2.45, 2.75) is 12.4 Å². The van der Waals surface area contributed by atoms with Gasteiger partial charge in [0, 0.05) is 12.6 Å². The summed E-state index contributed by atoms with van der Waals surface area (Å²) >= 11 is 0. The third-order valence-corrected chi connectivity index (χ3v) is 3.36. The number of nitrogens with one attached hydrogen (secondary N) is 1. The Morgan fingerprint density at radius 2 is 1.80 bits per heavy atom. The van der Waals surface area contributed by atoms with Gasteiger partial charge in [0.05, 0.1) is 0 Å². The molecule has 0 aliphatic carbocycles. The van der Waals surface area contributed by atoms with E-state index in [2.05, 4.69) is 0 Å². The van der Waals surface area contributed by atoms with Crippen molar-refractivity contribution >= 4 is 10.0 Å². The molecule has 1 aromatic rings. The highest BCUT2D eigenvalue weighted by molar-refractivity contribution is 7.90. The Labute approximate surface area is 111 Å². The maximum absolute atomic E-state index is 13.2. The van der Waals surface area contributed by atoms with Gasteiger partial charge in [-0.1, -0.05) is 0 Å². The van der Waals surface area contributed by atoms with Crippen LogP contribution in [0.5, 0.6) is 5.75 Å². The van der Waals surface area contributed by atoms with Crippen LogP contribution in [0.4, 0.5) is 22.0 Å². The molecule has 4 nitrogen and oxygen atoms in total. The lowest BCUT2D eigenvalue weighted by Crippen LogP contribution is -2.38. The van der Waals surface area contributed by atoms with Crippen molar-refractivity contribution in [2.24, 2.45) is 0 Å². The molecule has 0 atom stereocenters. The standard InChI is InChI=1S/C10H10F5NO3S/c1-6-4-9(8(12)5-7(6)11)19-3-2-16-20(17,18)10(13,14)15/h4-5,16H,2-3H2,1H3. The van der Waals surface area contributed by atoms with Crippen LogP contribution in [-0.2, 0) is 10.0 Å². The van der Waals surface area contributed by atoms with Crippen molar-refractivity contribution in [2.75, 3.05) is 13.2 Å². The molecule has 0 radical (unpaired) electrons. The van der Waals surface area contributed by atoms with Crippen molar-refractivity contribution in [1.29, 1.82) is 0 Å². The lowest BCUT2D eigenvalue weighted by molar-refractivity contribution is -0.0448. The zero-order chi connectivity index (χ0) is 15.6. The van der Waals surface area contributed by atoms with E-state index in [0.29, 0.717) is 6.07 Å². The third-order valence-electron chi connectivity index (χ3n) is 2.17. The first-order valence-electron chi connectivity index (χ1n) is 5.19. The zero-order valence-corrected chi connectivity index (χ0v) is 10.9. The Hall–Kier alpha value is -1.42. The molecule has 20 heavy (non-hydrogen) atoms. The van der Waals surface area contributed by atoms with Crippen LogP contribution in [0, 0.1) is 18.6 Å². The molecule has 0 aliphatic rings. The number of alkyl halides is 3. The van der Waals surface area contributed by atoms with Gasteiger partial charge in [-0.05, 0) is 18.6 Å². The summed E-state index contributed by atoms with van der Waals surface area (Å²) in [5.74, 6) is -2.21. The van der Waals surface area contributed by atoms with Crippen LogP contribution in [0.1, 0.15) is 5.56 Å². The molecular formula is C10H10F5NO3S. The van der Waals surface area contributed by atoms with Crippen LogP contribution < -0.4 is 9.46 Å². The Morgan fingerprint density at radius 1 is 1.20 bits per heavy atom. The van der Waals surface area contributed by atoms with Crippen molar-refractivity contribution in [3.05, 3.63) is 29.3 Å². The molecule has 0 unspecified atom stereocenters. The maximum Gasteiger partial charge on any atom is 0.511 e. The highest BCUT2D eigenvalue weighted by atomic mass is 32.2. The van der Waals surface area contributed by atoms with E-state index in [-0.39, 0.29) is 11.3 Å². The number of ether oxygens (including phenoxy) is 1. The number of hydrogen-bond donors (Lipinski definition) is 1. The van der Waals surface area contributed by atoms with Crippen LogP contribution in [0.3, 0.4) is 0 Å². The summed E-state index contributed by atoms with van der Waals surface area (Å²) in [4.78, 5) is 0. The predicted octanol–water partition coefficient (Wildman–Crippen LogP) is 2.09. The molecule has 0 saturated heterocycles. The molecule has 0 bridgehead atoms. The first-order chi connectivity index (χ1) is 9.04. The maximum atomic E-state index is 13.2. The number of aryl methyl sites for hydroxylation is 1. The fourth-order valence-electron chi connectivity index (χ4n) is 1.16. The van der Waals surface area contributed by atoms with Gasteiger partial charge in [-0.2, -0.15) is 13.2 Å². The minimum Gasteiger partial charge on any atom is -0.489 e. The van der Waals surface area contributed by atoms with E-state index < -0.39 is 40.3 Å². The van der Waals surface area contributed by atoms with E-state index >= 15 is 0 Å². The molecule has 0 aromatic heterocycles. The average molecular weight is 319 g/mol. The second-order valence-corrected chi connectivity index (χ2v) is 5.48. The molecule has 0 spiro atoms. The number of sulfonamides is 1. The van der Waals surface area contributed by atoms with Gasteiger partial charge in [-0.15, -0.1) is 0 Å². The Kier molecular flexibility index (Phi) is 4.92. The fraction of sp³-hybridized carbons (Fsp3) is 0.400.